The number of hydrogen-bond donors (Lipinski definition) is 2. The Kier molecular flexibility index (Phi) is 9.12. The van der Waals surface area contributed by atoms with E-state index in [0.717, 1.165) is 6.26 Å². The van der Waals surface area contributed by atoms with Gasteiger partial charge in [-0.05, 0) is 49.4 Å². The molecule has 0 spiro atoms. The number of benzene rings is 2. The third-order valence-corrected chi connectivity index (χ3v) is 9.23. The summed E-state index contributed by atoms with van der Waals surface area (Å²) in [6.07, 6.45) is 0.385. The highest BCUT2D eigenvalue weighted by molar-refractivity contribution is 7.92. The zero-order chi connectivity index (χ0) is 27.5. The first-order chi connectivity index (χ1) is 17.2. The number of carbonyl (C=O) groups excluding carboxylic acids is 1. The molecule has 1 heterocycles. The number of anilines is 1. The Labute approximate surface area is 223 Å². The van der Waals surface area contributed by atoms with Crippen molar-refractivity contribution >= 4 is 43.2 Å². The van der Waals surface area contributed by atoms with Gasteiger partial charge in [0.05, 0.1) is 36.8 Å². The van der Waals surface area contributed by atoms with Crippen LogP contribution in [0.2, 0.25) is 5.02 Å². The lowest BCUT2D eigenvalue weighted by atomic mass is 10.0. The van der Waals surface area contributed by atoms with Crippen LogP contribution in [0.3, 0.4) is 0 Å². The van der Waals surface area contributed by atoms with Crippen LogP contribution in [0.25, 0.3) is 0 Å². The van der Waals surface area contributed by atoms with E-state index in [1.807, 2.05) is 6.92 Å². The van der Waals surface area contributed by atoms with Gasteiger partial charge in [-0.15, -0.1) is 0 Å². The summed E-state index contributed by atoms with van der Waals surface area (Å²) in [6, 6.07) is 9.84. The molecule has 0 radical (unpaired) electrons. The topological polar surface area (TPSA) is 133 Å². The van der Waals surface area contributed by atoms with E-state index in [0.29, 0.717) is 16.3 Å². The number of nitrogens with one attached hydrogen (secondary N) is 1. The van der Waals surface area contributed by atoms with Gasteiger partial charge in [-0.25, -0.2) is 21.1 Å². The van der Waals surface area contributed by atoms with Crippen LogP contribution in [0.1, 0.15) is 19.4 Å². The number of aliphatic hydroxyl groups is 1. The highest BCUT2D eigenvalue weighted by atomic mass is 35.5. The minimum Gasteiger partial charge on any atom is -0.488 e. The molecule has 37 heavy (non-hydrogen) atoms. The molecule has 0 saturated heterocycles. The lowest BCUT2D eigenvalue weighted by Gasteiger charge is -2.33. The fourth-order valence-electron chi connectivity index (χ4n) is 3.93. The zero-order valence-electron chi connectivity index (χ0n) is 21.1. The number of likely N-dealkylation sites (N-methyl/N-ethyl adjacent to an activating group) is 1. The third-order valence-electron chi connectivity index (χ3n) is 6.30. The molecule has 2 N–H and O–H groups in total. The summed E-state index contributed by atoms with van der Waals surface area (Å²) in [5.41, 5.74) is 0.654. The molecule has 204 valence electrons. The van der Waals surface area contributed by atoms with E-state index in [2.05, 4.69) is 4.72 Å². The number of hydrogen-bond acceptors (Lipinski definition) is 7. The van der Waals surface area contributed by atoms with E-state index in [4.69, 9.17) is 16.3 Å². The molecule has 0 saturated carbocycles. The molecular weight excluding hydrogens is 542 g/mol. The lowest BCUT2D eigenvalue weighted by Crippen LogP contribution is -2.48. The van der Waals surface area contributed by atoms with Gasteiger partial charge in [0.15, 0.2) is 0 Å². The van der Waals surface area contributed by atoms with Gasteiger partial charge in [-0.2, -0.15) is 0 Å². The molecule has 0 unspecified atom stereocenters. The van der Waals surface area contributed by atoms with Gasteiger partial charge in [0.25, 0.3) is 10.0 Å². The summed E-state index contributed by atoms with van der Waals surface area (Å²) >= 11 is 5.86. The number of carbonyl (C=O) groups is 1. The Morgan fingerprint density at radius 1 is 1.19 bits per heavy atom. The van der Waals surface area contributed by atoms with Crippen LogP contribution >= 0.6 is 11.6 Å². The largest absolute Gasteiger partial charge is 0.488 e. The standard InChI is InChI=1S/C24H32ClN3O7S2/c1-16-13-28(17(2)15-29)24(30)12-18-11-20(26-37(33,34)21-8-5-19(25)6-9-21)7-10-22(18)35-23(16)14-27(3)36(4,31)32/h5-11,16-17,23,26,29H,12-15H2,1-4H3/t16-,17+,23-/m0/s1. The smallest absolute Gasteiger partial charge is 0.261 e. The Morgan fingerprint density at radius 3 is 2.43 bits per heavy atom. The van der Waals surface area contributed by atoms with E-state index in [1.54, 1.807) is 17.9 Å². The number of fused-ring (bicyclic) bond motifs is 1. The van der Waals surface area contributed by atoms with Crippen molar-refractivity contribution in [3.8, 4) is 5.75 Å². The van der Waals surface area contributed by atoms with Crippen molar-refractivity contribution in [3.05, 3.63) is 53.1 Å². The molecule has 0 aliphatic carbocycles. The molecule has 3 atom stereocenters. The Bertz CT molecular complexity index is 1330. The number of ether oxygens (including phenoxy) is 1. The van der Waals surface area contributed by atoms with Gasteiger partial charge >= 0.3 is 0 Å². The van der Waals surface area contributed by atoms with Crippen molar-refractivity contribution < 1.29 is 31.5 Å². The van der Waals surface area contributed by atoms with Crippen molar-refractivity contribution in [2.24, 2.45) is 5.92 Å². The average molecular weight is 574 g/mol. The van der Waals surface area contributed by atoms with Crippen molar-refractivity contribution in [3.63, 3.8) is 0 Å². The van der Waals surface area contributed by atoms with E-state index in [9.17, 15) is 26.7 Å². The molecule has 0 aromatic heterocycles. The van der Waals surface area contributed by atoms with Crippen LogP contribution in [0.5, 0.6) is 5.75 Å². The van der Waals surface area contributed by atoms with Crippen LogP contribution in [0.15, 0.2) is 47.4 Å². The second-order valence-electron chi connectivity index (χ2n) is 9.31. The molecule has 3 rings (SSSR count). The van der Waals surface area contributed by atoms with E-state index in [-0.39, 0.29) is 48.5 Å². The second kappa shape index (κ2) is 11.6. The molecule has 1 aliphatic rings. The first-order valence-electron chi connectivity index (χ1n) is 11.6. The van der Waals surface area contributed by atoms with Gasteiger partial charge in [-0.3, -0.25) is 9.52 Å². The number of aliphatic hydroxyl groups excluding tert-OH is 1. The summed E-state index contributed by atoms with van der Waals surface area (Å²) in [7, 11) is -5.96. The van der Waals surface area contributed by atoms with Crippen LogP contribution in [0.4, 0.5) is 5.69 Å². The zero-order valence-corrected chi connectivity index (χ0v) is 23.5. The number of halogens is 1. The summed E-state index contributed by atoms with van der Waals surface area (Å²) in [6.45, 7) is 3.61. The van der Waals surface area contributed by atoms with Gasteiger partial charge in [-0.1, -0.05) is 18.5 Å². The minimum atomic E-state index is -3.92. The first-order valence-corrected chi connectivity index (χ1v) is 15.3. The fraction of sp³-hybridized carbons (Fsp3) is 0.458. The Hall–Kier alpha value is -2.38. The number of rotatable bonds is 8. The molecule has 1 amide bonds. The second-order valence-corrected chi connectivity index (χ2v) is 13.5. The quantitative estimate of drug-likeness (QED) is 0.494. The highest BCUT2D eigenvalue weighted by Crippen LogP contribution is 2.30. The highest BCUT2D eigenvalue weighted by Gasteiger charge is 2.32. The minimum absolute atomic E-state index is 0.0217. The molecule has 2 aromatic rings. The van der Waals surface area contributed by atoms with E-state index in [1.165, 1.54) is 47.8 Å². The molecule has 10 nitrogen and oxygen atoms in total. The lowest BCUT2D eigenvalue weighted by molar-refractivity contribution is -0.134. The Morgan fingerprint density at radius 2 is 1.84 bits per heavy atom. The van der Waals surface area contributed by atoms with E-state index >= 15 is 0 Å². The number of sulfonamides is 2. The van der Waals surface area contributed by atoms with Gasteiger partial charge in [0.2, 0.25) is 15.9 Å². The fourth-order valence-corrected chi connectivity index (χ4v) is 5.52. The SMILES string of the molecule is C[C@H](CO)N1C[C@H](C)[C@H](CN(C)S(C)(=O)=O)Oc2ccc(NS(=O)(=O)c3ccc(Cl)cc3)cc2CC1=O. The maximum atomic E-state index is 13.3. The third kappa shape index (κ3) is 7.35. The normalized spacial score (nSPS) is 19.9. The summed E-state index contributed by atoms with van der Waals surface area (Å²) in [5.74, 6) is -0.204. The predicted octanol–water partition coefficient (Wildman–Crippen LogP) is 2.18. The van der Waals surface area contributed by atoms with Crippen molar-refractivity contribution in [1.29, 1.82) is 0 Å². The van der Waals surface area contributed by atoms with Gasteiger partial charge in [0.1, 0.15) is 11.9 Å². The summed E-state index contributed by atoms with van der Waals surface area (Å²) in [5, 5.41) is 10.1. The molecule has 13 heteroatoms. The summed E-state index contributed by atoms with van der Waals surface area (Å²) < 4.78 is 59.8. The maximum absolute atomic E-state index is 13.3. The summed E-state index contributed by atoms with van der Waals surface area (Å²) in [4.78, 5) is 14.8. The first kappa shape index (κ1) is 29.2. The van der Waals surface area contributed by atoms with Crippen LogP contribution in [-0.2, 0) is 31.3 Å². The number of amides is 1. The predicted molar refractivity (Wildman–Crippen MR) is 142 cm³/mol. The van der Waals surface area contributed by atoms with Crippen LogP contribution in [-0.4, -0.2) is 82.2 Å². The maximum Gasteiger partial charge on any atom is 0.261 e. The van der Waals surface area contributed by atoms with Crippen molar-refractivity contribution in [1.82, 2.24) is 9.21 Å². The average Bonchev–Trinajstić information content (AvgIpc) is 2.86. The molecule has 0 fully saturated rings. The molecule has 1 aliphatic heterocycles. The van der Waals surface area contributed by atoms with Crippen LogP contribution < -0.4 is 9.46 Å². The van der Waals surface area contributed by atoms with E-state index < -0.39 is 32.2 Å². The monoisotopic (exact) mass is 573 g/mol. The van der Waals surface area contributed by atoms with Crippen LogP contribution in [0, 0.1) is 5.92 Å². The molecule has 0 bridgehead atoms. The molecule has 2 aromatic carbocycles. The van der Waals surface area contributed by atoms with Gasteiger partial charge < -0.3 is 14.7 Å². The van der Waals surface area contributed by atoms with Gasteiger partial charge in [0, 0.05) is 35.8 Å². The van der Waals surface area contributed by atoms with Crippen molar-refractivity contribution in [2.75, 3.05) is 37.7 Å². The van der Waals surface area contributed by atoms with Crippen molar-refractivity contribution in [2.45, 2.75) is 37.3 Å². The Balaban J connectivity index is 1.99. The number of nitrogens with zero attached hydrogens (tertiary/aromatic N) is 2. The molecular formula is C24H32ClN3O7S2.